The molecule has 2 aromatic carbocycles. The number of fused-ring (bicyclic) bond motifs is 6. The van der Waals surface area contributed by atoms with E-state index in [2.05, 4.69) is 71.9 Å². The molecule has 0 radical (unpaired) electrons. The summed E-state index contributed by atoms with van der Waals surface area (Å²) in [5.74, 6) is 0. The van der Waals surface area contributed by atoms with Gasteiger partial charge in [0.25, 0.3) is 0 Å². The van der Waals surface area contributed by atoms with Gasteiger partial charge in [0.15, 0.2) is 0 Å². The molecule has 0 spiro atoms. The fourth-order valence-electron chi connectivity index (χ4n) is 5.50. The van der Waals surface area contributed by atoms with E-state index >= 15 is 0 Å². The van der Waals surface area contributed by atoms with Gasteiger partial charge in [-0.15, -0.1) is 0 Å². The quantitative estimate of drug-likeness (QED) is 0.392. The molecular formula is C26H24N2. The van der Waals surface area contributed by atoms with E-state index in [-0.39, 0.29) is 5.41 Å². The van der Waals surface area contributed by atoms with Crippen molar-refractivity contribution in [3.8, 4) is 16.8 Å². The molecule has 138 valence electrons. The highest BCUT2D eigenvalue weighted by Gasteiger charge is 2.36. The Hall–Kier alpha value is -2.87. The van der Waals surface area contributed by atoms with Gasteiger partial charge < -0.3 is 4.57 Å². The molecule has 0 fully saturated rings. The Labute approximate surface area is 165 Å². The maximum absolute atomic E-state index is 4.44. The van der Waals surface area contributed by atoms with Gasteiger partial charge in [-0.25, -0.2) is 0 Å². The summed E-state index contributed by atoms with van der Waals surface area (Å²) in [6.07, 6.45) is 8.92. The van der Waals surface area contributed by atoms with Crippen LogP contribution in [-0.2, 0) is 18.3 Å². The van der Waals surface area contributed by atoms with Crippen LogP contribution in [0.25, 0.3) is 27.7 Å². The van der Waals surface area contributed by atoms with E-state index in [1.807, 2.05) is 12.4 Å². The Kier molecular flexibility index (Phi) is 3.21. The molecule has 0 bridgehead atoms. The van der Waals surface area contributed by atoms with Gasteiger partial charge in [0, 0.05) is 40.1 Å². The zero-order valence-corrected chi connectivity index (χ0v) is 16.5. The maximum atomic E-state index is 4.44. The molecule has 28 heavy (non-hydrogen) atoms. The number of nitrogens with zero attached hydrogens (tertiary/aromatic N) is 2. The van der Waals surface area contributed by atoms with Crippen LogP contribution in [0.1, 0.15) is 49.1 Å². The molecule has 6 rings (SSSR count). The molecule has 0 atom stereocenters. The smallest absolute Gasteiger partial charge is 0.0540 e. The zero-order valence-electron chi connectivity index (χ0n) is 16.5. The van der Waals surface area contributed by atoms with E-state index in [9.17, 15) is 0 Å². The number of aryl methyl sites for hydroxylation is 1. The van der Waals surface area contributed by atoms with E-state index < -0.39 is 0 Å². The summed E-state index contributed by atoms with van der Waals surface area (Å²) in [6.45, 7) is 4.70. The van der Waals surface area contributed by atoms with Crippen LogP contribution in [0.3, 0.4) is 0 Å². The first kappa shape index (κ1) is 16.1. The Morgan fingerprint density at radius 2 is 1.71 bits per heavy atom. The molecule has 2 aromatic heterocycles. The summed E-state index contributed by atoms with van der Waals surface area (Å²) in [5.41, 5.74) is 11.2. The second-order valence-electron chi connectivity index (χ2n) is 8.76. The fourth-order valence-corrected chi connectivity index (χ4v) is 5.50. The van der Waals surface area contributed by atoms with E-state index in [4.69, 9.17) is 0 Å². The summed E-state index contributed by atoms with van der Waals surface area (Å²) in [5, 5.41) is 1.45. The standard InChI is InChI=1S/C26H24N2/c1-26(2)22-12-13-27-16-21(22)19-15-25-20(14-23(19)26)18-10-6-7-11-24(18)28(25)17-8-4-3-5-9-17/h3-5,8-9,12-16H,6-7,10-11H2,1-2H3. The highest BCUT2D eigenvalue weighted by atomic mass is 15.0. The molecule has 2 heteroatoms. The van der Waals surface area contributed by atoms with Gasteiger partial charge in [-0.1, -0.05) is 32.0 Å². The highest BCUT2D eigenvalue weighted by molar-refractivity contribution is 5.95. The largest absolute Gasteiger partial charge is 0.313 e. The van der Waals surface area contributed by atoms with Crippen molar-refractivity contribution in [2.45, 2.75) is 44.9 Å². The first-order valence-electron chi connectivity index (χ1n) is 10.4. The van der Waals surface area contributed by atoms with Crippen LogP contribution in [-0.4, -0.2) is 9.55 Å². The first-order valence-corrected chi connectivity index (χ1v) is 10.4. The predicted octanol–water partition coefficient (Wildman–Crippen LogP) is 6.21. The van der Waals surface area contributed by atoms with Crippen LogP contribution in [0.15, 0.2) is 60.9 Å². The zero-order chi connectivity index (χ0) is 18.9. The van der Waals surface area contributed by atoms with E-state index in [1.165, 1.54) is 70.2 Å². The van der Waals surface area contributed by atoms with Crippen molar-refractivity contribution in [3.05, 3.63) is 83.3 Å². The average molecular weight is 364 g/mol. The van der Waals surface area contributed by atoms with Crippen LogP contribution < -0.4 is 0 Å². The monoisotopic (exact) mass is 364 g/mol. The lowest BCUT2D eigenvalue weighted by Crippen LogP contribution is -2.14. The number of rotatable bonds is 1. The maximum Gasteiger partial charge on any atom is 0.0540 e. The van der Waals surface area contributed by atoms with Crippen LogP contribution in [0.4, 0.5) is 0 Å². The Balaban J connectivity index is 1.74. The molecule has 0 saturated heterocycles. The van der Waals surface area contributed by atoms with Crippen molar-refractivity contribution in [2.24, 2.45) is 0 Å². The summed E-state index contributed by atoms with van der Waals surface area (Å²) < 4.78 is 2.52. The summed E-state index contributed by atoms with van der Waals surface area (Å²) in [6, 6.07) is 18.0. The Bertz CT molecular complexity index is 1230. The second-order valence-corrected chi connectivity index (χ2v) is 8.76. The minimum atomic E-state index is 0.0260. The third-order valence-electron chi connectivity index (χ3n) is 6.88. The summed E-state index contributed by atoms with van der Waals surface area (Å²) in [4.78, 5) is 4.44. The molecule has 0 amide bonds. The lowest BCUT2D eigenvalue weighted by atomic mass is 9.82. The van der Waals surface area contributed by atoms with Gasteiger partial charge in [-0.3, -0.25) is 4.98 Å². The lowest BCUT2D eigenvalue weighted by Gasteiger charge is -2.21. The van der Waals surface area contributed by atoms with E-state index in [0.717, 1.165) is 0 Å². The summed E-state index contributed by atoms with van der Waals surface area (Å²) in [7, 11) is 0. The third kappa shape index (κ3) is 2.01. The molecule has 2 nitrogen and oxygen atoms in total. The minimum Gasteiger partial charge on any atom is -0.313 e. The van der Waals surface area contributed by atoms with E-state index in [1.54, 1.807) is 5.56 Å². The van der Waals surface area contributed by atoms with Crippen LogP contribution >= 0.6 is 0 Å². The van der Waals surface area contributed by atoms with Gasteiger partial charge in [-0.2, -0.15) is 0 Å². The third-order valence-corrected chi connectivity index (χ3v) is 6.88. The number of hydrogen-bond acceptors (Lipinski definition) is 1. The number of para-hydroxylation sites is 1. The fraction of sp³-hybridized carbons (Fsp3) is 0.269. The van der Waals surface area contributed by atoms with Gasteiger partial charge in [0.1, 0.15) is 0 Å². The molecule has 0 saturated carbocycles. The normalized spacial score (nSPS) is 16.6. The molecule has 4 aromatic rings. The highest BCUT2D eigenvalue weighted by Crippen LogP contribution is 2.50. The molecule has 2 aliphatic carbocycles. The number of benzene rings is 2. The van der Waals surface area contributed by atoms with Crippen LogP contribution in [0.2, 0.25) is 0 Å². The first-order chi connectivity index (χ1) is 13.7. The topological polar surface area (TPSA) is 17.8 Å². The van der Waals surface area contributed by atoms with Gasteiger partial charge >= 0.3 is 0 Å². The van der Waals surface area contributed by atoms with Crippen molar-refractivity contribution < 1.29 is 0 Å². The van der Waals surface area contributed by atoms with Crippen LogP contribution in [0.5, 0.6) is 0 Å². The van der Waals surface area contributed by atoms with Gasteiger partial charge in [0.2, 0.25) is 0 Å². The molecule has 2 aliphatic rings. The van der Waals surface area contributed by atoms with Gasteiger partial charge in [0.05, 0.1) is 5.52 Å². The molecule has 0 unspecified atom stereocenters. The van der Waals surface area contributed by atoms with Crippen molar-refractivity contribution in [1.82, 2.24) is 9.55 Å². The second kappa shape index (κ2) is 5.57. The average Bonchev–Trinajstić information content (AvgIpc) is 3.17. The van der Waals surface area contributed by atoms with Crippen molar-refractivity contribution in [3.63, 3.8) is 0 Å². The van der Waals surface area contributed by atoms with Gasteiger partial charge in [-0.05, 0) is 78.3 Å². The Morgan fingerprint density at radius 1 is 0.893 bits per heavy atom. The number of pyridine rings is 1. The van der Waals surface area contributed by atoms with Crippen LogP contribution in [0, 0.1) is 0 Å². The van der Waals surface area contributed by atoms with Crippen molar-refractivity contribution >= 4 is 10.9 Å². The number of hydrogen-bond donors (Lipinski definition) is 0. The lowest BCUT2D eigenvalue weighted by molar-refractivity contribution is 0.659. The van der Waals surface area contributed by atoms with E-state index in [0.29, 0.717) is 0 Å². The molecule has 0 N–H and O–H groups in total. The van der Waals surface area contributed by atoms with Crippen molar-refractivity contribution in [2.75, 3.05) is 0 Å². The number of aromatic nitrogens is 2. The SMILES string of the molecule is CC1(C)c2ccncc2-c2cc3c(cc21)c1c(n3-c2ccccc2)CCCC1. The molecular weight excluding hydrogens is 340 g/mol. The predicted molar refractivity (Wildman–Crippen MR) is 115 cm³/mol. The Morgan fingerprint density at radius 3 is 2.57 bits per heavy atom. The van der Waals surface area contributed by atoms with Crippen molar-refractivity contribution in [1.29, 1.82) is 0 Å². The summed E-state index contributed by atoms with van der Waals surface area (Å²) >= 11 is 0. The molecule has 0 aliphatic heterocycles. The molecule has 2 heterocycles. The minimum absolute atomic E-state index is 0.0260.